The SMILES string of the molecule is Cn1cc(C(=O)OCC(=O)NC2CCS(=O)(=O)C2)c2ccccc21. The van der Waals surface area contributed by atoms with E-state index in [9.17, 15) is 18.0 Å². The number of benzene rings is 1. The normalized spacial score (nSPS) is 19.3. The topological polar surface area (TPSA) is 94.5 Å². The number of aryl methyl sites for hydroxylation is 1. The maximum absolute atomic E-state index is 12.2. The highest BCUT2D eigenvalue weighted by Crippen LogP contribution is 2.21. The van der Waals surface area contributed by atoms with Gasteiger partial charge >= 0.3 is 5.97 Å². The monoisotopic (exact) mass is 350 g/mol. The van der Waals surface area contributed by atoms with Gasteiger partial charge < -0.3 is 14.6 Å². The third-order valence-corrected chi connectivity index (χ3v) is 5.82. The zero-order valence-corrected chi connectivity index (χ0v) is 14.0. The van der Waals surface area contributed by atoms with Crippen LogP contribution in [0.15, 0.2) is 30.5 Å². The largest absolute Gasteiger partial charge is 0.452 e. The fourth-order valence-electron chi connectivity index (χ4n) is 2.89. The second-order valence-corrected chi connectivity index (χ2v) is 8.14. The van der Waals surface area contributed by atoms with Crippen LogP contribution in [0.4, 0.5) is 0 Å². The number of amides is 1. The van der Waals surface area contributed by atoms with Gasteiger partial charge in [-0.1, -0.05) is 18.2 Å². The van der Waals surface area contributed by atoms with Gasteiger partial charge in [-0.25, -0.2) is 13.2 Å². The first-order chi connectivity index (χ1) is 11.4. The second kappa shape index (κ2) is 6.27. The molecule has 0 radical (unpaired) electrons. The maximum atomic E-state index is 12.2. The minimum absolute atomic E-state index is 0.0595. The smallest absolute Gasteiger partial charge is 0.340 e. The predicted octanol–water partition coefficient (Wildman–Crippen LogP) is 0.638. The Kier molecular flexibility index (Phi) is 4.31. The molecule has 1 saturated heterocycles. The first-order valence-corrected chi connectivity index (χ1v) is 9.39. The fraction of sp³-hybridized carbons (Fsp3) is 0.375. The summed E-state index contributed by atoms with van der Waals surface area (Å²) >= 11 is 0. The van der Waals surface area contributed by atoms with Crippen LogP contribution in [0.25, 0.3) is 10.9 Å². The van der Waals surface area contributed by atoms with E-state index >= 15 is 0 Å². The number of para-hydroxylation sites is 1. The standard InChI is InChI=1S/C16H18N2O5S/c1-18-8-13(12-4-2-3-5-14(12)18)16(20)23-9-15(19)17-11-6-7-24(21,22)10-11/h2-5,8,11H,6-7,9-10H2,1H3,(H,17,19). The Balaban J connectivity index is 1.60. The molecule has 1 aromatic heterocycles. The number of carbonyl (C=O) groups is 2. The Hall–Kier alpha value is -2.35. The summed E-state index contributed by atoms with van der Waals surface area (Å²) in [5.74, 6) is -1.06. The van der Waals surface area contributed by atoms with E-state index in [0.29, 0.717) is 12.0 Å². The van der Waals surface area contributed by atoms with Crippen molar-refractivity contribution in [3.05, 3.63) is 36.0 Å². The molecule has 2 aromatic rings. The summed E-state index contributed by atoms with van der Waals surface area (Å²) in [4.78, 5) is 24.0. The molecule has 1 aliphatic rings. The van der Waals surface area contributed by atoms with Gasteiger partial charge in [0.1, 0.15) is 0 Å². The van der Waals surface area contributed by atoms with Crippen molar-refractivity contribution in [2.75, 3.05) is 18.1 Å². The average molecular weight is 350 g/mol. The van der Waals surface area contributed by atoms with E-state index in [0.717, 1.165) is 10.9 Å². The molecule has 0 spiro atoms. The Morgan fingerprint density at radius 2 is 2.08 bits per heavy atom. The van der Waals surface area contributed by atoms with Crippen LogP contribution in [0.5, 0.6) is 0 Å². The van der Waals surface area contributed by atoms with Gasteiger partial charge in [-0.05, 0) is 12.5 Å². The lowest BCUT2D eigenvalue weighted by Gasteiger charge is -2.10. The van der Waals surface area contributed by atoms with Gasteiger partial charge in [-0.15, -0.1) is 0 Å². The lowest BCUT2D eigenvalue weighted by molar-refractivity contribution is -0.124. The number of fused-ring (bicyclic) bond motifs is 1. The molecule has 2 heterocycles. The molecule has 1 atom stereocenters. The number of hydrogen-bond acceptors (Lipinski definition) is 5. The van der Waals surface area contributed by atoms with Crippen molar-refractivity contribution < 1.29 is 22.7 Å². The average Bonchev–Trinajstić information content (AvgIpc) is 3.05. The first kappa shape index (κ1) is 16.5. The van der Waals surface area contributed by atoms with Crippen LogP contribution in [0.1, 0.15) is 16.8 Å². The Labute approximate surface area is 139 Å². The Morgan fingerprint density at radius 3 is 2.79 bits per heavy atom. The van der Waals surface area contributed by atoms with Crippen molar-refractivity contribution in [1.29, 1.82) is 0 Å². The van der Waals surface area contributed by atoms with Crippen LogP contribution in [-0.2, 0) is 26.4 Å². The van der Waals surface area contributed by atoms with Crippen molar-refractivity contribution in [2.24, 2.45) is 7.05 Å². The second-order valence-electron chi connectivity index (χ2n) is 5.91. The minimum atomic E-state index is -3.06. The molecule has 24 heavy (non-hydrogen) atoms. The lowest BCUT2D eigenvalue weighted by atomic mass is 10.2. The van der Waals surface area contributed by atoms with E-state index in [-0.39, 0.29) is 11.5 Å². The number of carbonyl (C=O) groups excluding carboxylic acids is 2. The van der Waals surface area contributed by atoms with Crippen LogP contribution in [-0.4, -0.2) is 49.0 Å². The highest BCUT2D eigenvalue weighted by molar-refractivity contribution is 7.91. The molecule has 1 fully saturated rings. The third kappa shape index (κ3) is 3.43. The molecule has 128 valence electrons. The highest BCUT2D eigenvalue weighted by Gasteiger charge is 2.29. The first-order valence-electron chi connectivity index (χ1n) is 7.57. The zero-order valence-electron chi connectivity index (χ0n) is 13.2. The number of ether oxygens (including phenoxy) is 1. The van der Waals surface area contributed by atoms with Crippen molar-refractivity contribution in [3.8, 4) is 0 Å². The minimum Gasteiger partial charge on any atom is -0.452 e. The van der Waals surface area contributed by atoms with E-state index in [4.69, 9.17) is 4.74 Å². The molecular weight excluding hydrogens is 332 g/mol. The van der Waals surface area contributed by atoms with E-state index in [2.05, 4.69) is 5.32 Å². The number of esters is 1. The summed E-state index contributed by atoms with van der Waals surface area (Å²) < 4.78 is 29.6. The number of hydrogen-bond donors (Lipinski definition) is 1. The van der Waals surface area contributed by atoms with Crippen molar-refractivity contribution >= 4 is 32.6 Å². The van der Waals surface area contributed by atoms with Crippen molar-refractivity contribution in [2.45, 2.75) is 12.5 Å². The molecule has 1 unspecified atom stereocenters. The Morgan fingerprint density at radius 1 is 1.33 bits per heavy atom. The Bertz CT molecular complexity index is 900. The molecule has 7 nitrogen and oxygen atoms in total. The maximum Gasteiger partial charge on any atom is 0.340 e. The quantitative estimate of drug-likeness (QED) is 0.817. The molecule has 8 heteroatoms. The number of aromatic nitrogens is 1. The van der Waals surface area contributed by atoms with E-state index in [1.807, 2.05) is 35.9 Å². The van der Waals surface area contributed by atoms with Crippen LogP contribution >= 0.6 is 0 Å². The number of rotatable bonds is 4. The molecule has 0 aliphatic carbocycles. The summed E-state index contributed by atoms with van der Waals surface area (Å²) in [5.41, 5.74) is 1.29. The van der Waals surface area contributed by atoms with E-state index < -0.39 is 34.4 Å². The molecule has 3 rings (SSSR count). The number of nitrogens with one attached hydrogen (secondary N) is 1. The molecule has 1 amide bonds. The van der Waals surface area contributed by atoms with Crippen molar-refractivity contribution in [1.82, 2.24) is 9.88 Å². The van der Waals surface area contributed by atoms with Gasteiger partial charge in [0.05, 0.1) is 17.1 Å². The molecule has 0 saturated carbocycles. The number of nitrogens with zero attached hydrogens (tertiary/aromatic N) is 1. The van der Waals surface area contributed by atoms with Crippen LogP contribution in [0.3, 0.4) is 0 Å². The zero-order chi connectivity index (χ0) is 17.3. The van der Waals surface area contributed by atoms with Gasteiger partial charge in [0.25, 0.3) is 5.91 Å². The van der Waals surface area contributed by atoms with Gasteiger partial charge in [0.2, 0.25) is 0 Å². The highest BCUT2D eigenvalue weighted by atomic mass is 32.2. The van der Waals surface area contributed by atoms with Gasteiger partial charge in [-0.2, -0.15) is 0 Å². The molecular formula is C16H18N2O5S. The predicted molar refractivity (Wildman–Crippen MR) is 88.4 cm³/mol. The molecule has 1 aliphatic heterocycles. The lowest BCUT2D eigenvalue weighted by Crippen LogP contribution is -2.38. The number of sulfone groups is 1. The summed E-state index contributed by atoms with van der Waals surface area (Å²) in [6.07, 6.45) is 2.06. The van der Waals surface area contributed by atoms with Gasteiger partial charge in [0, 0.05) is 30.2 Å². The molecule has 1 aromatic carbocycles. The summed E-state index contributed by atoms with van der Waals surface area (Å²) in [5, 5.41) is 3.34. The fourth-order valence-corrected chi connectivity index (χ4v) is 4.56. The summed E-state index contributed by atoms with van der Waals surface area (Å²) in [7, 11) is -1.24. The summed E-state index contributed by atoms with van der Waals surface area (Å²) in [6, 6.07) is 7.00. The van der Waals surface area contributed by atoms with Gasteiger partial charge in [0.15, 0.2) is 16.4 Å². The molecule has 1 N–H and O–H groups in total. The van der Waals surface area contributed by atoms with E-state index in [1.54, 1.807) is 6.20 Å². The van der Waals surface area contributed by atoms with Crippen LogP contribution < -0.4 is 5.32 Å². The third-order valence-electron chi connectivity index (χ3n) is 4.05. The van der Waals surface area contributed by atoms with Crippen LogP contribution in [0.2, 0.25) is 0 Å². The van der Waals surface area contributed by atoms with E-state index in [1.165, 1.54) is 0 Å². The molecule has 0 bridgehead atoms. The van der Waals surface area contributed by atoms with Crippen molar-refractivity contribution in [3.63, 3.8) is 0 Å². The summed E-state index contributed by atoms with van der Waals surface area (Å²) in [6.45, 7) is -0.432. The van der Waals surface area contributed by atoms with Crippen LogP contribution in [0, 0.1) is 0 Å². The van der Waals surface area contributed by atoms with Gasteiger partial charge in [-0.3, -0.25) is 4.79 Å².